The van der Waals surface area contributed by atoms with Crippen LogP contribution in [-0.2, 0) is 11.3 Å². The molecule has 1 saturated heterocycles. The molecule has 1 heterocycles. The van der Waals surface area contributed by atoms with Crippen LogP contribution in [0.15, 0.2) is 47.4 Å². The molecule has 0 aromatic heterocycles. The minimum Gasteiger partial charge on any atom is -0.502 e. The predicted octanol–water partition coefficient (Wildman–Crippen LogP) is 3.85. The number of imide groups is 1. The maximum absolute atomic E-state index is 12.6. The molecule has 2 aromatic carbocycles. The number of hydrogen-bond acceptors (Lipinski definition) is 6. The van der Waals surface area contributed by atoms with Crippen molar-refractivity contribution < 1.29 is 19.6 Å². The molecule has 0 saturated carbocycles. The number of rotatable bonds is 4. The Bertz CT molecular complexity index is 954. The first-order valence-corrected chi connectivity index (χ1v) is 8.46. The highest BCUT2D eigenvalue weighted by Crippen LogP contribution is 2.35. The molecule has 0 bridgehead atoms. The molecule has 1 N–H and O–H groups in total. The fraction of sp³-hybridized carbons (Fsp3) is 0.111. The number of amides is 2. The Morgan fingerprint density at radius 2 is 1.96 bits per heavy atom. The lowest BCUT2D eigenvalue weighted by Gasteiger charge is -2.14. The zero-order valence-electron chi connectivity index (χ0n) is 13.7. The van der Waals surface area contributed by atoms with Crippen molar-refractivity contribution in [3.63, 3.8) is 0 Å². The van der Waals surface area contributed by atoms with Crippen LogP contribution < -0.4 is 0 Å². The van der Waals surface area contributed by atoms with Crippen molar-refractivity contribution in [2.45, 2.75) is 13.5 Å². The standard InChI is InChI=1S/C18H14N2O5S/c1-11-4-2-3-5-13(11)10-19-17(22)16(26-18(19)23)9-12-6-7-15(21)14(8-12)20(24)25/h2-9,21H,10H2,1H3/b16-9-. The van der Waals surface area contributed by atoms with Gasteiger partial charge in [-0.15, -0.1) is 0 Å². The summed E-state index contributed by atoms with van der Waals surface area (Å²) in [5.41, 5.74) is 1.75. The number of carbonyl (C=O) groups excluding carboxylic acids is 2. The molecule has 26 heavy (non-hydrogen) atoms. The number of nitro benzene ring substituents is 1. The first-order valence-electron chi connectivity index (χ1n) is 7.64. The van der Waals surface area contributed by atoms with E-state index in [1.165, 1.54) is 18.2 Å². The second kappa shape index (κ2) is 7.01. The van der Waals surface area contributed by atoms with Crippen LogP contribution >= 0.6 is 11.8 Å². The molecule has 1 aliphatic rings. The molecule has 1 aliphatic heterocycles. The number of nitrogens with zero attached hydrogens (tertiary/aromatic N) is 2. The molecular weight excluding hydrogens is 356 g/mol. The summed E-state index contributed by atoms with van der Waals surface area (Å²) >= 11 is 0.786. The number of aromatic hydroxyl groups is 1. The predicted molar refractivity (Wildman–Crippen MR) is 97.5 cm³/mol. The van der Waals surface area contributed by atoms with Crippen molar-refractivity contribution in [2.75, 3.05) is 0 Å². The van der Waals surface area contributed by atoms with Crippen LogP contribution in [0.1, 0.15) is 16.7 Å². The molecular formula is C18H14N2O5S. The fourth-order valence-electron chi connectivity index (χ4n) is 2.52. The molecule has 132 valence electrons. The van der Waals surface area contributed by atoms with E-state index in [0.717, 1.165) is 33.9 Å². The van der Waals surface area contributed by atoms with Gasteiger partial charge in [-0.05, 0) is 47.5 Å². The second-order valence-corrected chi connectivity index (χ2v) is 6.69. The third-order valence-electron chi connectivity index (χ3n) is 3.96. The minimum atomic E-state index is -0.712. The van der Waals surface area contributed by atoms with E-state index in [2.05, 4.69) is 0 Å². The Morgan fingerprint density at radius 3 is 2.65 bits per heavy atom. The lowest BCUT2D eigenvalue weighted by atomic mass is 10.1. The van der Waals surface area contributed by atoms with Crippen molar-refractivity contribution >= 4 is 34.7 Å². The Hall–Kier alpha value is -3.13. The van der Waals surface area contributed by atoms with Crippen LogP contribution in [0.25, 0.3) is 6.08 Å². The second-order valence-electron chi connectivity index (χ2n) is 5.70. The van der Waals surface area contributed by atoms with Crippen molar-refractivity contribution in [3.8, 4) is 5.75 Å². The normalized spacial score (nSPS) is 15.7. The molecule has 2 aromatic rings. The van der Waals surface area contributed by atoms with Gasteiger partial charge in [0, 0.05) is 6.07 Å². The summed E-state index contributed by atoms with van der Waals surface area (Å²) < 4.78 is 0. The van der Waals surface area contributed by atoms with Gasteiger partial charge < -0.3 is 5.11 Å². The first-order chi connectivity index (χ1) is 12.4. The van der Waals surface area contributed by atoms with Gasteiger partial charge in [-0.1, -0.05) is 30.3 Å². The molecule has 0 aliphatic carbocycles. The minimum absolute atomic E-state index is 0.171. The molecule has 8 heteroatoms. The molecule has 3 rings (SSSR count). The monoisotopic (exact) mass is 370 g/mol. The molecule has 1 fully saturated rings. The van der Waals surface area contributed by atoms with Gasteiger partial charge in [0.1, 0.15) is 0 Å². The quantitative estimate of drug-likeness (QED) is 0.498. The van der Waals surface area contributed by atoms with Crippen LogP contribution in [0.5, 0.6) is 5.75 Å². The maximum Gasteiger partial charge on any atom is 0.311 e. The van der Waals surface area contributed by atoms with E-state index in [-0.39, 0.29) is 11.4 Å². The van der Waals surface area contributed by atoms with Crippen molar-refractivity contribution in [1.29, 1.82) is 0 Å². The summed E-state index contributed by atoms with van der Waals surface area (Å²) in [4.78, 5) is 36.3. The Morgan fingerprint density at radius 1 is 1.23 bits per heavy atom. The molecule has 0 radical (unpaired) electrons. The average molecular weight is 370 g/mol. The highest BCUT2D eigenvalue weighted by molar-refractivity contribution is 8.18. The van der Waals surface area contributed by atoms with E-state index in [0.29, 0.717) is 5.56 Å². The zero-order valence-corrected chi connectivity index (χ0v) is 14.5. The lowest BCUT2D eigenvalue weighted by molar-refractivity contribution is -0.385. The Labute approximate surface area is 153 Å². The largest absolute Gasteiger partial charge is 0.502 e. The van der Waals surface area contributed by atoms with E-state index >= 15 is 0 Å². The van der Waals surface area contributed by atoms with Crippen molar-refractivity contribution in [2.24, 2.45) is 0 Å². The van der Waals surface area contributed by atoms with Crippen LogP contribution in [-0.4, -0.2) is 26.1 Å². The van der Waals surface area contributed by atoms with Gasteiger partial charge in [0.15, 0.2) is 5.75 Å². The number of thioether (sulfide) groups is 1. The molecule has 2 amide bonds. The number of phenolic OH excluding ortho intramolecular Hbond substituents is 1. The lowest BCUT2D eigenvalue weighted by Crippen LogP contribution is -2.27. The number of benzene rings is 2. The van der Waals surface area contributed by atoms with Crippen molar-refractivity contribution in [3.05, 3.63) is 74.2 Å². The first kappa shape index (κ1) is 17.7. The number of carbonyl (C=O) groups is 2. The van der Waals surface area contributed by atoms with Gasteiger partial charge in [-0.3, -0.25) is 24.6 Å². The molecule has 7 nitrogen and oxygen atoms in total. The van der Waals surface area contributed by atoms with Crippen LogP contribution in [0.3, 0.4) is 0 Å². The van der Waals surface area contributed by atoms with Gasteiger partial charge in [-0.25, -0.2) is 0 Å². The van der Waals surface area contributed by atoms with Gasteiger partial charge in [0.2, 0.25) is 0 Å². The summed E-state index contributed by atoms with van der Waals surface area (Å²) in [6.45, 7) is 2.07. The van der Waals surface area contributed by atoms with E-state index in [1.54, 1.807) is 0 Å². The van der Waals surface area contributed by atoms with Gasteiger partial charge in [0.05, 0.1) is 16.4 Å². The molecule has 0 atom stereocenters. The zero-order chi connectivity index (χ0) is 18.8. The van der Waals surface area contributed by atoms with Crippen molar-refractivity contribution in [1.82, 2.24) is 4.90 Å². The van der Waals surface area contributed by atoms with Gasteiger partial charge in [0.25, 0.3) is 11.1 Å². The summed E-state index contributed by atoms with van der Waals surface area (Å²) in [5.74, 6) is -0.904. The van der Waals surface area contributed by atoms with Crippen LogP contribution in [0.2, 0.25) is 0 Å². The highest BCUT2D eigenvalue weighted by Gasteiger charge is 2.35. The number of hydrogen-bond donors (Lipinski definition) is 1. The van der Waals surface area contributed by atoms with Gasteiger partial charge in [-0.2, -0.15) is 0 Å². The summed E-state index contributed by atoms with van der Waals surface area (Å²) in [6, 6.07) is 11.3. The van der Waals surface area contributed by atoms with E-state index in [1.807, 2.05) is 31.2 Å². The Balaban J connectivity index is 1.87. The van der Waals surface area contributed by atoms with E-state index < -0.39 is 27.5 Å². The molecule has 0 spiro atoms. The third kappa shape index (κ3) is 3.45. The van der Waals surface area contributed by atoms with E-state index in [9.17, 15) is 24.8 Å². The number of phenols is 1. The summed E-state index contributed by atoms with van der Waals surface area (Å²) in [7, 11) is 0. The smallest absolute Gasteiger partial charge is 0.311 e. The third-order valence-corrected chi connectivity index (χ3v) is 4.86. The topological polar surface area (TPSA) is 101 Å². The Kier molecular flexibility index (Phi) is 4.77. The van der Waals surface area contributed by atoms with Gasteiger partial charge >= 0.3 is 5.69 Å². The molecule has 0 unspecified atom stereocenters. The maximum atomic E-state index is 12.6. The number of aryl methyl sites for hydroxylation is 1. The van der Waals surface area contributed by atoms with Crippen LogP contribution in [0, 0.1) is 17.0 Å². The fourth-order valence-corrected chi connectivity index (χ4v) is 3.36. The summed E-state index contributed by atoms with van der Waals surface area (Å²) in [6.07, 6.45) is 1.41. The average Bonchev–Trinajstić information content (AvgIpc) is 2.85. The number of nitro groups is 1. The highest BCUT2D eigenvalue weighted by atomic mass is 32.2. The van der Waals surface area contributed by atoms with Crippen LogP contribution in [0.4, 0.5) is 10.5 Å². The summed E-state index contributed by atoms with van der Waals surface area (Å²) in [5, 5.41) is 20.0. The SMILES string of the molecule is Cc1ccccc1CN1C(=O)S/C(=C\c2ccc(O)c([N+](=O)[O-])c2)C1=O. The van der Waals surface area contributed by atoms with E-state index in [4.69, 9.17) is 0 Å².